The highest BCUT2D eigenvalue weighted by molar-refractivity contribution is 7.90. The van der Waals surface area contributed by atoms with Crippen molar-refractivity contribution < 1.29 is 42.1 Å². The number of rotatable bonds is 15. The van der Waals surface area contributed by atoms with Gasteiger partial charge in [-0.1, -0.05) is 36.3 Å². The zero-order valence-corrected chi connectivity index (χ0v) is 21.4. The Kier molecular flexibility index (Phi) is 13.8. The number of hydrogen-bond acceptors (Lipinski definition) is 10. The molecule has 0 N–H and O–H groups in total. The minimum atomic E-state index is -3.46. The summed E-state index contributed by atoms with van der Waals surface area (Å²) in [4.78, 5) is 39.3. The average molecular weight is 536 g/mol. The van der Waals surface area contributed by atoms with Crippen LogP contribution in [0.5, 0.6) is 0 Å². The molecule has 0 atom stereocenters. The van der Waals surface area contributed by atoms with Crippen molar-refractivity contribution in [1.29, 1.82) is 0 Å². The van der Waals surface area contributed by atoms with Gasteiger partial charge >= 0.3 is 12.1 Å². The molecule has 0 amide bonds. The molecule has 0 heterocycles. The van der Waals surface area contributed by atoms with Gasteiger partial charge in [0.05, 0.1) is 24.7 Å². The first kappa shape index (κ1) is 30.9. The van der Waals surface area contributed by atoms with Gasteiger partial charge in [0.25, 0.3) is 5.09 Å². The van der Waals surface area contributed by atoms with Crippen LogP contribution >= 0.6 is 0 Å². The highest BCUT2D eigenvalue weighted by Crippen LogP contribution is 2.25. The highest BCUT2D eigenvalue weighted by atomic mass is 32.2. The number of terminal acetylenes is 1. The lowest BCUT2D eigenvalue weighted by atomic mass is 9.98. The van der Waals surface area contributed by atoms with Gasteiger partial charge in [0.2, 0.25) is 0 Å². The smallest absolute Gasteiger partial charge is 0.463 e. The summed E-state index contributed by atoms with van der Waals surface area (Å²) in [6, 6.07) is 5.75. The van der Waals surface area contributed by atoms with Crippen LogP contribution in [-0.4, -0.2) is 58.3 Å². The minimum absolute atomic E-state index is 0.0585. The first-order valence-electron chi connectivity index (χ1n) is 11.1. The van der Waals surface area contributed by atoms with Gasteiger partial charge in [-0.2, -0.15) is 0 Å². The molecular weight excluding hydrogens is 506 g/mol. The molecule has 0 saturated heterocycles. The van der Waals surface area contributed by atoms with Crippen LogP contribution in [0.15, 0.2) is 59.0 Å². The molecule has 1 aromatic carbocycles. The maximum Gasteiger partial charge on any atom is 0.508 e. The predicted molar refractivity (Wildman–Crippen MR) is 134 cm³/mol. The van der Waals surface area contributed by atoms with E-state index in [-0.39, 0.29) is 43.3 Å². The molecule has 0 spiro atoms. The number of nitrogens with zero attached hydrogens (tertiary/aromatic N) is 1. The quantitative estimate of drug-likeness (QED) is 0.0619. The molecule has 0 aromatic heterocycles. The first-order chi connectivity index (χ1) is 17.6. The monoisotopic (exact) mass is 535 g/mol. The number of allylic oxidation sites excluding steroid dienone is 4. The fraction of sp³-hybridized carbons (Fsp3) is 0.360. The Morgan fingerprint density at radius 3 is 2.35 bits per heavy atom. The maximum atomic E-state index is 12.8. The van der Waals surface area contributed by atoms with Crippen molar-refractivity contribution in [3.63, 3.8) is 0 Å². The average Bonchev–Trinajstić information content (AvgIpc) is 2.84. The van der Waals surface area contributed by atoms with Crippen molar-refractivity contribution in [3.05, 3.63) is 69.8 Å². The van der Waals surface area contributed by atoms with Crippen LogP contribution in [0.2, 0.25) is 0 Å². The number of ether oxygens (including phenoxy) is 3. The molecule has 0 aliphatic heterocycles. The minimum Gasteiger partial charge on any atom is -0.463 e. The summed E-state index contributed by atoms with van der Waals surface area (Å²) in [7, 11) is -3.46. The first-order valence-corrected chi connectivity index (χ1v) is 13.0. The third kappa shape index (κ3) is 12.4. The van der Waals surface area contributed by atoms with Crippen LogP contribution in [0.1, 0.15) is 31.7 Å². The van der Waals surface area contributed by atoms with Crippen LogP contribution < -0.4 is 0 Å². The molecule has 0 bridgehead atoms. The second-order valence-corrected chi connectivity index (χ2v) is 9.30. The Hall–Kier alpha value is -4.11. The van der Waals surface area contributed by atoms with E-state index in [9.17, 15) is 28.1 Å². The summed E-state index contributed by atoms with van der Waals surface area (Å²) in [5, 5.41) is 9.22. The van der Waals surface area contributed by atoms with E-state index in [4.69, 9.17) is 20.6 Å². The van der Waals surface area contributed by atoms with Gasteiger partial charge in [-0.05, 0) is 50.0 Å². The molecule has 200 valence electrons. The molecule has 0 fully saturated rings. The molecule has 1 aromatic rings. The summed E-state index contributed by atoms with van der Waals surface area (Å²) in [5.41, 5.74) is 0.914. The second kappa shape index (κ2) is 16.5. The van der Waals surface area contributed by atoms with Crippen LogP contribution in [0.25, 0.3) is 5.57 Å². The highest BCUT2D eigenvalue weighted by Gasteiger charge is 2.20. The van der Waals surface area contributed by atoms with Gasteiger partial charge in [-0.25, -0.2) is 18.0 Å². The fourth-order valence-electron chi connectivity index (χ4n) is 2.84. The number of unbranched alkanes of at least 4 members (excludes halogenated alkanes) is 1. The summed E-state index contributed by atoms with van der Waals surface area (Å²) in [6.07, 6.45) is 12.3. The van der Waals surface area contributed by atoms with Crippen molar-refractivity contribution in [1.82, 2.24) is 0 Å². The topological polar surface area (TPSA) is 148 Å². The third-order valence-electron chi connectivity index (χ3n) is 4.57. The standard InChI is InChI=1S/C25H29NO10S/c1-4-6-7-8-9-12-22(24(27)33-5-2)23(20-13-15-21(16-14-20)37(3,31)32)19-35-25(28)34-17-10-11-18-36-26(29)30/h1,6-9,13-16H,5,10-12,17-19H2,2-3H3/b7-6-,9-8-,23-22+. The number of carbonyl (C=O) groups excluding carboxylic acids is 2. The zero-order valence-electron chi connectivity index (χ0n) is 20.6. The number of benzene rings is 1. The third-order valence-corrected chi connectivity index (χ3v) is 5.70. The molecule has 37 heavy (non-hydrogen) atoms. The summed E-state index contributed by atoms with van der Waals surface area (Å²) >= 11 is 0. The second-order valence-electron chi connectivity index (χ2n) is 7.28. The lowest BCUT2D eigenvalue weighted by molar-refractivity contribution is -0.757. The molecule has 0 radical (unpaired) electrons. The number of sulfone groups is 1. The van der Waals surface area contributed by atoms with E-state index >= 15 is 0 Å². The van der Waals surface area contributed by atoms with Gasteiger partial charge in [0.1, 0.15) is 6.61 Å². The zero-order chi connectivity index (χ0) is 27.7. The van der Waals surface area contributed by atoms with Gasteiger partial charge in [0, 0.05) is 17.4 Å². The molecule has 0 unspecified atom stereocenters. The van der Waals surface area contributed by atoms with Crippen LogP contribution in [0.4, 0.5) is 4.79 Å². The molecular formula is C25H29NO10S. The van der Waals surface area contributed by atoms with Crippen molar-refractivity contribution >= 4 is 27.5 Å². The lowest BCUT2D eigenvalue weighted by Crippen LogP contribution is -2.15. The molecule has 0 aliphatic carbocycles. The molecule has 0 aliphatic rings. The predicted octanol–water partition coefficient (Wildman–Crippen LogP) is 3.68. The Balaban J connectivity index is 3.16. The van der Waals surface area contributed by atoms with E-state index in [1.54, 1.807) is 25.2 Å². The SMILES string of the molecule is C#C/C=C\C=C/C/C(C(=O)OCC)=C(/COC(=O)OCCCCO[N+](=O)[O-])c1ccc(S(C)(=O)=O)cc1. The summed E-state index contributed by atoms with van der Waals surface area (Å²) in [6.45, 7) is 1.19. The van der Waals surface area contributed by atoms with Gasteiger partial charge in [-0.3, -0.25) is 0 Å². The fourth-order valence-corrected chi connectivity index (χ4v) is 3.47. The Morgan fingerprint density at radius 1 is 1.08 bits per heavy atom. The van der Waals surface area contributed by atoms with E-state index in [2.05, 4.69) is 10.8 Å². The van der Waals surface area contributed by atoms with Crippen LogP contribution in [0.3, 0.4) is 0 Å². The Bertz CT molecular complexity index is 1160. The van der Waals surface area contributed by atoms with Gasteiger partial charge in [0.15, 0.2) is 9.84 Å². The molecule has 12 heteroatoms. The number of esters is 1. The van der Waals surface area contributed by atoms with E-state index in [1.165, 1.54) is 30.3 Å². The van der Waals surface area contributed by atoms with Gasteiger partial charge < -0.3 is 19.0 Å². The lowest BCUT2D eigenvalue weighted by Gasteiger charge is -2.15. The van der Waals surface area contributed by atoms with Crippen molar-refractivity contribution in [2.45, 2.75) is 31.1 Å². The van der Waals surface area contributed by atoms with Gasteiger partial charge in [-0.15, -0.1) is 16.5 Å². The van der Waals surface area contributed by atoms with Crippen molar-refractivity contribution in [3.8, 4) is 12.3 Å². The molecule has 0 saturated carbocycles. The van der Waals surface area contributed by atoms with Crippen molar-refractivity contribution in [2.24, 2.45) is 0 Å². The number of hydrogen-bond donors (Lipinski definition) is 0. The van der Waals surface area contributed by atoms with Crippen LogP contribution in [-0.2, 0) is 33.7 Å². The maximum absolute atomic E-state index is 12.8. The largest absolute Gasteiger partial charge is 0.508 e. The molecule has 1 rings (SSSR count). The van der Waals surface area contributed by atoms with E-state index < -0.39 is 27.0 Å². The normalized spacial score (nSPS) is 12.0. The molecule has 11 nitrogen and oxygen atoms in total. The number of carbonyl (C=O) groups is 2. The Labute approximate surface area is 215 Å². The Morgan fingerprint density at radius 2 is 1.76 bits per heavy atom. The van der Waals surface area contributed by atoms with Crippen molar-refractivity contribution in [2.75, 3.05) is 32.7 Å². The summed E-state index contributed by atoms with van der Waals surface area (Å²) < 4.78 is 39.0. The van der Waals surface area contributed by atoms with E-state index in [0.29, 0.717) is 24.0 Å². The van der Waals surface area contributed by atoms with E-state index in [1.807, 2.05) is 0 Å². The van der Waals surface area contributed by atoms with E-state index in [0.717, 1.165) is 6.26 Å². The van der Waals surface area contributed by atoms with Crippen LogP contribution in [0, 0.1) is 22.5 Å². The summed E-state index contributed by atoms with van der Waals surface area (Å²) in [5.74, 6) is 1.70.